The molecule has 1 aliphatic heterocycles. The maximum Gasteiger partial charge on any atom is 0.363 e. The molecule has 2 aromatic heterocycles. The van der Waals surface area contributed by atoms with E-state index in [4.69, 9.17) is 30.1 Å². The SMILES string of the molecule is CC(C)OP(=O)(OC(C)C)[C@@H]1C=C[C@@H](n2cnc3c(Cl)ncnc32)[C@@H](COC(c2ccccc2)(c2ccccc2)c2ccccc2)O1. The van der Waals surface area contributed by atoms with E-state index < -0.39 is 31.2 Å². The number of hydrogen-bond donors (Lipinski definition) is 0. The summed E-state index contributed by atoms with van der Waals surface area (Å²) in [4.78, 5) is 13.1. The van der Waals surface area contributed by atoms with Crippen LogP contribution >= 0.6 is 19.2 Å². The van der Waals surface area contributed by atoms with Crippen molar-refractivity contribution in [3.63, 3.8) is 0 Å². The Morgan fingerprint density at radius 1 is 0.809 bits per heavy atom. The largest absolute Gasteiger partial charge is 0.363 e. The van der Waals surface area contributed by atoms with Gasteiger partial charge in [0, 0.05) is 0 Å². The summed E-state index contributed by atoms with van der Waals surface area (Å²) >= 11 is 6.38. The van der Waals surface area contributed by atoms with E-state index in [0.717, 1.165) is 16.7 Å². The van der Waals surface area contributed by atoms with Gasteiger partial charge >= 0.3 is 7.60 Å². The Hall–Kier alpha value is -3.69. The molecule has 0 saturated heterocycles. The van der Waals surface area contributed by atoms with E-state index in [0.29, 0.717) is 11.2 Å². The molecule has 5 aromatic rings. The highest BCUT2D eigenvalue weighted by Crippen LogP contribution is 2.58. The lowest BCUT2D eigenvalue weighted by atomic mass is 9.80. The average molecular weight is 673 g/mol. The third-order valence-corrected chi connectivity index (χ3v) is 10.5. The highest BCUT2D eigenvalue weighted by Gasteiger charge is 2.45. The molecule has 3 atom stereocenters. The van der Waals surface area contributed by atoms with Gasteiger partial charge in [-0.1, -0.05) is 109 Å². The van der Waals surface area contributed by atoms with Crippen LogP contribution in [0.5, 0.6) is 0 Å². The fourth-order valence-electron chi connectivity index (χ4n) is 5.98. The van der Waals surface area contributed by atoms with Crippen molar-refractivity contribution in [1.29, 1.82) is 0 Å². The second-order valence-electron chi connectivity index (χ2n) is 11.9. The van der Waals surface area contributed by atoms with Crippen LogP contribution in [0.4, 0.5) is 0 Å². The van der Waals surface area contributed by atoms with E-state index in [-0.39, 0.29) is 24.0 Å². The summed E-state index contributed by atoms with van der Waals surface area (Å²) in [6.07, 6.45) is 5.31. The molecular formula is C36H38ClN4O5P. The van der Waals surface area contributed by atoms with Gasteiger partial charge in [-0.2, -0.15) is 0 Å². The zero-order valence-electron chi connectivity index (χ0n) is 26.7. The smallest absolute Gasteiger partial charge is 0.358 e. The molecule has 0 N–H and O–H groups in total. The van der Waals surface area contributed by atoms with Crippen LogP contribution in [0.1, 0.15) is 50.4 Å². The Kier molecular flexibility index (Phi) is 10.0. The van der Waals surface area contributed by atoms with E-state index in [9.17, 15) is 4.57 Å². The van der Waals surface area contributed by atoms with Gasteiger partial charge in [0.1, 0.15) is 23.5 Å². The third kappa shape index (κ3) is 6.83. The molecule has 0 saturated carbocycles. The normalized spacial score (nSPS) is 18.7. The van der Waals surface area contributed by atoms with Crippen molar-refractivity contribution >= 4 is 30.4 Å². The second kappa shape index (κ2) is 14.2. The number of halogens is 1. The van der Waals surface area contributed by atoms with Gasteiger partial charge in [-0.25, -0.2) is 15.0 Å². The minimum atomic E-state index is -3.78. The van der Waals surface area contributed by atoms with E-state index in [1.54, 1.807) is 12.4 Å². The van der Waals surface area contributed by atoms with E-state index in [1.165, 1.54) is 6.33 Å². The number of aromatic nitrogens is 4. The highest BCUT2D eigenvalue weighted by atomic mass is 35.5. The average Bonchev–Trinajstić information content (AvgIpc) is 3.51. The standard InChI is InChI=1S/C36H38ClN4O5P/c1-25(2)45-47(42,46-26(3)4)32-21-20-30(41-24-40-33-34(37)38-23-39-35(33)41)31(44-32)22-43-36(27-14-8-5-9-15-27,28-16-10-6-11-17-28)29-18-12-7-13-19-29/h5-21,23-26,30-32H,22H2,1-4H3/t30-,31-,32-/m1/s1. The number of ether oxygens (including phenoxy) is 2. The molecule has 6 rings (SSSR count). The third-order valence-electron chi connectivity index (χ3n) is 7.84. The fourth-order valence-corrected chi connectivity index (χ4v) is 8.23. The Morgan fingerprint density at radius 3 is 1.85 bits per heavy atom. The summed E-state index contributed by atoms with van der Waals surface area (Å²) in [5.41, 5.74) is 2.83. The van der Waals surface area contributed by atoms with Crippen LogP contribution in [0.25, 0.3) is 11.2 Å². The molecule has 3 aromatic carbocycles. The van der Waals surface area contributed by atoms with E-state index in [2.05, 4.69) is 51.4 Å². The molecule has 0 radical (unpaired) electrons. The summed E-state index contributed by atoms with van der Waals surface area (Å²) in [5, 5.41) is 0.247. The zero-order valence-corrected chi connectivity index (χ0v) is 28.4. The lowest BCUT2D eigenvalue weighted by Crippen LogP contribution is -2.41. The van der Waals surface area contributed by atoms with Gasteiger partial charge in [0.05, 0.1) is 31.2 Å². The molecule has 3 heterocycles. The molecule has 0 bridgehead atoms. The summed E-state index contributed by atoms with van der Waals surface area (Å²) in [6.45, 7) is 7.36. The van der Waals surface area contributed by atoms with Crippen LogP contribution in [-0.2, 0) is 28.7 Å². The molecule has 0 aliphatic carbocycles. The molecular weight excluding hydrogens is 635 g/mol. The molecule has 9 nitrogen and oxygen atoms in total. The minimum absolute atomic E-state index is 0.0754. The Balaban J connectivity index is 1.47. The van der Waals surface area contributed by atoms with Crippen molar-refractivity contribution in [2.75, 3.05) is 6.61 Å². The van der Waals surface area contributed by atoms with Crippen LogP contribution in [0, 0.1) is 0 Å². The van der Waals surface area contributed by atoms with Crippen molar-refractivity contribution in [1.82, 2.24) is 19.5 Å². The Bertz CT molecular complexity index is 1740. The maximum absolute atomic E-state index is 14.3. The first-order valence-corrected chi connectivity index (χ1v) is 17.6. The van der Waals surface area contributed by atoms with Crippen LogP contribution in [0.3, 0.4) is 0 Å². The quantitative estimate of drug-likeness (QED) is 0.0565. The van der Waals surface area contributed by atoms with Crippen molar-refractivity contribution in [3.8, 4) is 0 Å². The van der Waals surface area contributed by atoms with Crippen molar-refractivity contribution in [2.45, 2.75) is 63.5 Å². The number of benzene rings is 3. The highest BCUT2D eigenvalue weighted by molar-refractivity contribution is 7.54. The topological polar surface area (TPSA) is 97.6 Å². The Morgan fingerprint density at radius 2 is 1.34 bits per heavy atom. The summed E-state index contributed by atoms with van der Waals surface area (Å²) < 4.78 is 42.0. The van der Waals surface area contributed by atoms with Gasteiger partial charge in [-0.05, 0) is 50.5 Å². The second-order valence-corrected chi connectivity index (χ2v) is 14.2. The summed E-state index contributed by atoms with van der Waals surface area (Å²) in [6, 6.07) is 29.9. The van der Waals surface area contributed by atoms with Gasteiger partial charge < -0.3 is 23.1 Å². The van der Waals surface area contributed by atoms with Crippen LogP contribution in [-0.4, -0.2) is 50.3 Å². The predicted molar refractivity (Wildman–Crippen MR) is 182 cm³/mol. The van der Waals surface area contributed by atoms with Gasteiger partial charge in [-0.15, -0.1) is 0 Å². The Labute approximate surface area is 280 Å². The first-order chi connectivity index (χ1) is 22.7. The lowest BCUT2D eigenvalue weighted by Gasteiger charge is -2.40. The molecule has 0 amide bonds. The maximum atomic E-state index is 14.3. The van der Waals surface area contributed by atoms with Crippen molar-refractivity contribution in [2.24, 2.45) is 0 Å². The van der Waals surface area contributed by atoms with E-state index >= 15 is 0 Å². The summed E-state index contributed by atoms with van der Waals surface area (Å²) in [5.74, 6) is -0.982. The first-order valence-electron chi connectivity index (χ1n) is 15.6. The summed E-state index contributed by atoms with van der Waals surface area (Å²) in [7, 11) is -3.78. The number of fused-ring (bicyclic) bond motifs is 1. The number of rotatable bonds is 12. The van der Waals surface area contributed by atoms with E-state index in [1.807, 2.05) is 92.9 Å². The zero-order chi connectivity index (χ0) is 33.0. The van der Waals surface area contributed by atoms with Crippen molar-refractivity contribution in [3.05, 3.63) is 138 Å². The van der Waals surface area contributed by atoms with Crippen LogP contribution < -0.4 is 0 Å². The molecule has 47 heavy (non-hydrogen) atoms. The molecule has 0 spiro atoms. The number of nitrogens with zero attached hydrogens (tertiary/aromatic N) is 4. The molecule has 1 aliphatic rings. The van der Waals surface area contributed by atoms with Gasteiger partial charge in [0.2, 0.25) is 0 Å². The molecule has 0 fully saturated rings. The minimum Gasteiger partial charge on any atom is -0.358 e. The fraction of sp³-hybridized carbons (Fsp3) is 0.306. The number of hydrogen-bond acceptors (Lipinski definition) is 8. The van der Waals surface area contributed by atoms with Crippen LogP contribution in [0.15, 0.2) is 116 Å². The van der Waals surface area contributed by atoms with Crippen LogP contribution in [0.2, 0.25) is 5.15 Å². The first kappa shape index (κ1) is 33.2. The van der Waals surface area contributed by atoms with Crippen molar-refractivity contribution < 1.29 is 23.1 Å². The predicted octanol–water partition coefficient (Wildman–Crippen LogP) is 8.35. The molecule has 11 heteroatoms. The van der Waals surface area contributed by atoms with Gasteiger partial charge in [-0.3, -0.25) is 4.57 Å². The number of imidazole rings is 1. The van der Waals surface area contributed by atoms with Gasteiger partial charge in [0.15, 0.2) is 16.6 Å². The lowest BCUT2D eigenvalue weighted by molar-refractivity contribution is -0.0873. The monoisotopic (exact) mass is 672 g/mol. The molecule has 0 unspecified atom stereocenters. The van der Waals surface area contributed by atoms with Gasteiger partial charge in [0.25, 0.3) is 0 Å². The molecule has 244 valence electrons.